The number of imidazole rings is 1. The molecular weight excluding hydrogens is 244 g/mol. The minimum Gasteiger partial charge on any atom is -0.325 e. The second-order valence-corrected chi connectivity index (χ2v) is 4.01. The molecule has 0 aliphatic rings. The summed E-state index contributed by atoms with van der Waals surface area (Å²) in [5, 5.41) is 13.8. The summed E-state index contributed by atoms with van der Waals surface area (Å²) in [4.78, 5) is 14.6. The predicted octanol–water partition coefficient (Wildman–Crippen LogP) is 2.99. The van der Waals surface area contributed by atoms with Gasteiger partial charge in [-0.05, 0) is 18.2 Å². The molecular formula is C13H10N4O2. The van der Waals surface area contributed by atoms with Crippen LogP contribution < -0.4 is 5.32 Å². The number of non-ortho nitro benzene ring substituents is 1. The van der Waals surface area contributed by atoms with Gasteiger partial charge in [0.2, 0.25) is 5.95 Å². The second-order valence-electron chi connectivity index (χ2n) is 4.01. The molecule has 6 heteroatoms. The van der Waals surface area contributed by atoms with Gasteiger partial charge in [-0.1, -0.05) is 12.1 Å². The van der Waals surface area contributed by atoms with Crippen molar-refractivity contribution in [2.45, 2.75) is 0 Å². The van der Waals surface area contributed by atoms with E-state index in [2.05, 4.69) is 10.3 Å². The Labute approximate surface area is 108 Å². The second kappa shape index (κ2) is 4.41. The highest BCUT2D eigenvalue weighted by Gasteiger charge is 2.07. The van der Waals surface area contributed by atoms with Gasteiger partial charge < -0.3 is 5.32 Å². The van der Waals surface area contributed by atoms with Gasteiger partial charge in [-0.15, -0.1) is 0 Å². The minimum absolute atomic E-state index is 0.0471. The number of benzene rings is 1. The third-order valence-corrected chi connectivity index (χ3v) is 2.75. The molecule has 0 atom stereocenters. The highest BCUT2D eigenvalue weighted by molar-refractivity contribution is 5.61. The fraction of sp³-hybridized carbons (Fsp3) is 0. The van der Waals surface area contributed by atoms with E-state index in [0.29, 0.717) is 11.6 Å². The fourth-order valence-corrected chi connectivity index (χ4v) is 1.86. The van der Waals surface area contributed by atoms with Gasteiger partial charge >= 0.3 is 0 Å². The zero-order chi connectivity index (χ0) is 13.2. The van der Waals surface area contributed by atoms with Crippen LogP contribution in [-0.4, -0.2) is 14.3 Å². The predicted molar refractivity (Wildman–Crippen MR) is 71.6 cm³/mol. The molecule has 6 nitrogen and oxygen atoms in total. The first-order chi connectivity index (χ1) is 9.24. The molecule has 3 rings (SSSR count). The summed E-state index contributed by atoms with van der Waals surface area (Å²) in [7, 11) is 0. The van der Waals surface area contributed by atoms with Gasteiger partial charge in [0.1, 0.15) is 0 Å². The molecule has 2 heterocycles. The molecule has 0 aliphatic carbocycles. The van der Waals surface area contributed by atoms with Gasteiger partial charge in [-0.2, -0.15) is 0 Å². The number of anilines is 2. The van der Waals surface area contributed by atoms with Crippen molar-refractivity contribution >= 4 is 22.8 Å². The lowest BCUT2D eigenvalue weighted by Gasteiger charge is -2.04. The standard InChI is InChI=1S/C13H10N4O2/c18-17(19)11-6-3-4-10(8-11)15-13-14-9-12-5-1-2-7-16(12)13/h1-9H,(H,14,15). The molecule has 0 fully saturated rings. The third-order valence-electron chi connectivity index (χ3n) is 2.75. The maximum atomic E-state index is 10.7. The maximum absolute atomic E-state index is 10.7. The molecule has 0 amide bonds. The molecule has 3 aromatic rings. The topological polar surface area (TPSA) is 72.5 Å². The first-order valence-corrected chi connectivity index (χ1v) is 5.67. The average Bonchev–Trinajstić information content (AvgIpc) is 2.83. The first kappa shape index (κ1) is 11.2. The van der Waals surface area contributed by atoms with Crippen molar-refractivity contribution in [3.8, 4) is 0 Å². The Morgan fingerprint density at radius 2 is 2.11 bits per heavy atom. The Morgan fingerprint density at radius 3 is 2.95 bits per heavy atom. The maximum Gasteiger partial charge on any atom is 0.271 e. The quantitative estimate of drug-likeness (QED) is 0.576. The van der Waals surface area contributed by atoms with Crippen molar-refractivity contribution in [2.24, 2.45) is 0 Å². The number of nitrogens with one attached hydrogen (secondary N) is 1. The van der Waals surface area contributed by atoms with E-state index in [-0.39, 0.29) is 5.69 Å². The lowest BCUT2D eigenvalue weighted by molar-refractivity contribution is -0.384. The molecule has 0 spiro atoms. The molecule has 0 saturated heterocycles. The molecule has 94 valence electrons. The minimum atomic E-state index is -0.422. The Hall–Kier alpha value is -2.89. The summed E-state index contributed by atoms with van der Waals surface area (Å²) in [5.41, 5.74) is 1.63. The molecule has 19 heavy (non-hydrogen) atoms. The molecule has 0 saturated carbocycles. The van der Waals surface area contributed by atoms with E-state index in [1.807, 2.05) is 28.8 Å². The van der Waals surface area contributed by atoms with E-state index in [1.54, 1.807) is 18.3 Å². The summed E-state index contributed by atoms with van der Waals surface area (Å²) in [6.07, 6.45) is 3.61. The van der Waals surface area contributed by atoms with Gasteiger partial charge in [-0.3, -0.25) is 14.5 Å². The van der Waals surface area contributed by atoms with Crippen molar-refractivity contribution < 1.29 is 4.92 Å². The Balaban J connectivity index is 1.97. The van der Waals surface area contributed by atoms with Gasteiger partial charge in [0, 0.05) is 24.0 Å². The van der Waals surface area contributed by atoms with Gasteiger partial charge in [-0.25, -0.2) is 4.98 Å². The summed E-state index contributed by atoms with van der Waals surface area (Å²) in [6.45, 7) is 0. The molecule has 1 aromatic carbocycles. The van der Waals surface area contributed by atoms with Crippen molar-refractivity contribution in [3.63, 3.8) is 0 Å². The van der Waals surface area contributed by atoms with Crippen LogP contribution in [0.15, 0.2) is 54.9 Å². The number of nitro groups is 1. The molecule has 0 aliphatic heterocycles. The van der Waals surface area contributed by atoms with Crippen molar-refractivity contribution in [1.82, 2.24) is 9.38 Å². The largest absolute Gasteiger partial charge is 0.325 e. The number of nitrogens with zero attached hydrogens (tertiary/aromatic N) is 3. The van der Waals surface area contributed by atoms with Crippen LogP contribution in [-0.2, 0) is 0 Å². The highest BCUT2D eigenvalue weighted by Crippen LogP contribution is 2.21. The zero-order valence-electron chi connectivity index (χ0n) is 9.85. The van der Waals surface area contributed by atoms with Gasteiger partial charge in [0.05, 0.1) is 16.6 Å². The van der Waals surface area contributed by atoms with E-state index in [0.717, 1.165) is 5.52 Å². The monoisotopic (exact) mass is 254 g/mol. The van der Waals surface area contributed by atoms with Gasteiger partial charge in [0.25, 0.3) is 5.69 Å². The molecule has 1 N–H and O–H groups in total. The highest BCUT2D eigenvalue weighted by atomic mass is 16.6. The summed E-state index contributed by atoms with van der Waals surface area (Å²) in [5.74, 6) is 0.621. The number of hydrogen-bond acceptors (Lipinski definition) is 4. The first-order valence-electron chi connectivity index (χ1n) is 5.67. The number of hydrogen-bond donors (Lipinski definition) is 1. The van der Waals surface area contributed by atoms with E-state index in [1.165, 1.54) is 12.1 Å². The van der Waals surface area contributed by atoms with E-state index >= 15 is 0 Å². The summed E-state index contributed by atoms with van der Waals surface area (Å²) in [6, 6.07) is 12.1. The summed E-state index contributed by atoms with van der Waals surface area (Å²) >= 11 is 0. The van der Waals surface area contributed by atoms with Gasteiger partial charge in [0.15, 0.2) is 0 Å². The summed E-state index contributed by atoms with van der Waals surface area (Å²) < 4.78 is 1.87. The number of fused-ring (bicyclic) bond motifs is 1. The molecule has 0 unspecified atom stereocenters. The smallest absolute Gasteiger partial charge is 0.271 e. The van der Waals surface area contributed by atoms with Crippen LogP contribution in [0.5, 0.6) is 0 Å². The van der Waals surface area contributed by atoms with Crippen LogP contribution in [0.2, 0.25) is 0 Å². The van der Waals surface area contributed by atoms with Crippen LogP contribution in [0.4, 0.5) is 17.3 Å². The number of nitro benzene ring substituents is 1. The Kier molecular flexibility index (Phi) is 2.60. The number of aromatic nitrogens is 2. The number of rotatable bonds is 3. The average molecular weight is 254 g/mol. The van der Waals surface area contributed by atoms with Crippen LogP contribution in [0.1, 0.15) is 0 Å². The van der Waals surface area contributed by atoms with Crippen LogP contribution in [0, 0.1) is 10.1 Å². The molecule has 0 radical (unpaired) electrons. The molecule has 2 aromatic heterocycles. The van der Waals surface area contributed by atoms with E-state index in [9.17, 15) is 10.1 Å². The van der Waals surface area contributed by atoms with Crippen LogP contribution >= 0.6 is 0 Å². The van der Waals surface area contributed by atoms with Crippen LogP contribution in [0.3, 0.4) is 0 Å². The third kappa shape index (κ3) is 2.11. The normalized spacial score (nSPS) is 10.5. The van der Waals surface area contributed by atoms with E-state index in [4.69, 9.17) is 0 Å². The van der Waals surface area contributed by atoms with E-state index < -0.39 is 4.92 Å². The Bertz CT molecular complexity index is 751. The van der Waals surface area contributed by atoms with Crippen LogP contribution in [0.25, 0.3) is 5.52 Å². The molecule has 0 bridgehead atoms. The lowest BCUT2D eigenvalue weighted by Crippen LogP contribution is -1.97. The lowest BCUT2D eigenvalue weighted by atomic mass is 10.3. The number of pyridine rings is 1. The SMILES string of the molecule is O=[N+]([O-])c1cccc(Nc2ncc3ccccn23)c1. The Morgan fingerprint density at radius 1 is 1.21 bits per heavy atom. The van der Waals surface area contributed by atoms with Crippen molar-refractivity contribution in [1.29, 1.82) is 0 Å². The fourth-order valence-electron chi connectivity index (χ4n) is 1.86. The van der Waals surface area contributed by atoms with Crippen molar-refractivity contribution in [2.75, 3.05) is 5.32 Å². The van der Waals surface area contributed by atoms with Crippen molar-refractivity contribution in [3.05, 3.63) is 65.0 Å². The zero-order valence-corrected chi connectivity index (χ0v) is 9.85.